The molecule has 0 saturated heterocycles. The van der Waals surface area contributed by atoms with Crippen molar-refractivity contribution < 1.29 is 19.1 Å². The van der Waals surface area contributed by atoms with Crippen molar-refractivity contribution in [1.29, 1.82) is 0 Å². The third-order valence-corrected chi connectivity index (χ3v) is 1.58. The van der Waals surface area contributed by atoms with Crippen molar-refractivity contribution in [3.63, 3.8) is 0 Å². The summed E-state index contributed by atoms with van der Waals surface area (Å²) >= 11 is 0. The molecule has 1 fully saturated rings. The van der Waals surface area contributed by atoms with Gasteiger partial charge in [-0.2, -0.15) is 0 Å². The number of hydrogen-bond acceptors (Lipinski definition) is 4. The fraction of sp³-hybridized carbons (Fsp3) is 0.714. The fourth-order valence-corrected chi connectivity index (χ4v) is 0.913. The largest absolute Gasteiger partial charge is 0.422 e. The third kappa shape index (κ3) is 2.50. The molecule has 0 aromatic rings. The van der Waals surface area contributed by atoms with Crippen molar-refractivity contribution in [1.82, 2.24) is 5.32 Å². The Morgan fingerprint density at radius 1 is 1.67 bits per heavy atom. The summed E-state index contributed by atoms with van der Waals surface area (Å²) in [6.07, 6.45) is 0.304. The van der Waals surface area contributed by atoms with Crippen LogP contribution >= 0.6 is 0 Å². The summed E-state index contributed by atoms with van der Waals surface area (Å²) in [7, 11) is 1.43. The molecular formula is C7H11NO4. The van der Waals surface area contributed by atoms with E-state index < -0.39 is 6.09 Å². The lowest BCUT2D eigenvalue weighted by Gasteiger charge is -2.24. The van der Waals surface area contributed by atoms with Crippen LogP contribution in [-0.2, 0) is 14.3 Å². The van der Waals surface area contributed by atoms with Gasteiger partial charge >= 0.3 is 6.09 Å². The summed E-state index contributed by atoms with van der Waals surface area (Å²) in [6, 6.07) is -0.0399. The van der Waals surface area contributed by atoms with E-state index >= 15 is 0 Å². The molecule has 68 valence electrons. The van der Waals surface area contributed by atoms with E-state index in [2.05, 4.69) is 14.8 Å². The van der Waals surface area contributed by atoms with Crippen molar-refractivity contribution in [3.8, 4) is 0 Å². The molecule has 12 heavy (non-hydrogen) atoms. The molecule has 1 saturated carbocycles. The van der Waals surface area contributed by atoms with Crippen molar-refractivity contribution >= 4 is 11.9 Å². The number of nitrogens with one attached hydrogen (secondary N) is 1. The van der Waals surface area contributed by atoms with E-state index in [0.717, 1.165) is 0 Å². The van der Waals surface area contributed by atoms with Gasteiger partial charge in [0, 0.05) is 26.0 Å². The second-order valence-electron chi connectivity index (χ2n) is 2.63. The number of carbonyl (C=O) groups is 2. The molecule has 1 aliphatic carbocycles. The normalized spacial score (nSPS) is 16.9. The number of Topliss-reactive ketones (excluding diaryl/α,β-unsaturated/α-hetero) is 1. The van der Waals surface area contributed by atoms with Crippen LogP contribution in [0.4, 0.5) is 4.79 Å². The number of amides is 1. The van der Waals surface area contributed by atoms with E-state index in [-0.39, 0.29) is 18.6 Å². The number of hydrogen-bond donors (Lipinski definition) is 1. The topological polar surface area (TPSA) is 64.6 Å². The minimum Gasteiger partial charge on any atom is -0.422 e. The van der Waals surface area contributed by atoms with Crippen molar-refractivity contribution in [3.05, 3.63) is 0 Å². The molecule has 1 rings (SSSR count). The second-order valence-corrected chi connectivity index (χ2v) is 2.63. The number of alkyl carbamates (subject to hydrolysis) is 1. The van der Waals surface area contributed by atoms with Crippen molar-refractivity contribution in [2.45, 2.75) is 18.9 Å². The lowest BCUT2D eigenvalue weighted by atomic mass is 9.92. The van der Waals surface area contributed by atoms with Crippen LogP contribution < -0.4 is 5.32 Å². The lowest BCUT2D eigenvalue weighted by Crippen LogP contribution is -2.44. The van der Waals surface area contributed by atoms with E-state index in [0.29, 0.717) is 12.8 Å². The van der Waals surface area contributed by atoms with Gasteiger partial charge in [0.15, 0.2) is 6.79 Å². The molecule has 0 aliphatic heterocycles. The molecule has 0 radical (unpaired) electrons. The Kier molecular flexibility index (Phi) is 3.04. The first-order chi connectivity index (χ1) is 5.72. The van der Waals surface area contributed by atoms with Gasteiger partial charge in [-0.15, -0.1) is 0 Å². The van der Waals surface area contributed by atoms with Crippen LogP contribution in [0, 0.1) is 0 Å². The summed E-state index contributed by atoms with van der Waals surface area (Å²) in [5.74, 6) is 0.173. The molecule has 0 spiro atoms. The van der Waals surface area contributed by atoms with Crippen LogP contribution in [0.3, 0.4) is 0 Å². The first-order valence-corrected chi connectivity index (χ1v) is 3.66. The quantitative estimate of drug-likeness (QED) is 0.612. The zero-order valence-corrected chi connectivity index (χ0v) is 6.83. The van der Waals surface area contributed by atoms with Crippen LogP contribution in [0.1, 0.15) is 12.8 Å². The molecule has 0 heterocycles. The smallest absolute Gasteiger partial charge is 0.409 e. The number of ether oxygens (including phenoxy) is 2. The Labute approximate surface area is 70.0 Å². The highest BCUT2D eigenvalue weighted by molar-refractivity contribution is 5.87. The van der Waals surface area contributed by atoms with Gasteiger partial charge in [-0.1, -0.05) is 0 Å². The number of carbonyl (C=O) groups excluding carboxylic acids is 2. The molecule has 1 aliphatic rings. The maximum Gasteiger partial charge on any atom is 0.409 e. The van der Waals surface area contributed by atoms with Gasteiger partial charge in [0.1, 0.15) is 5.78 Å². The molecule has 0 unspecified atom stereocenters. The van der Waals surface area contributed by atoms with Crippen LogP contribution in [0.25, 0.3) is 0 Å². The van der Waals surface area contributed by atoms with Crippen LogP contribution in [-0.4, -0.2) is 31.8 Å². The van der Waals surface area contributed by atoms with Gasteiger partial charge in [0.2, 0.25) is 0 Å². The summed E-state index contributed by atoms with van der Waals surface area (Å²) < 4.78 is 9.07. The van der Waals surface area contributed by atoms with Gasteiger partial charge in [-0.05, 0) is 0 Å². The van der Waals surface area contributed by atoms with Gasteiger partial charge in [0.25, 0.3) is 0 Å². The highest BCUT2D eigenvalue weighted by Crippen LogP contribution is 2.13. The average Bonchev–Trinajstić information content (AvgIpc) is 1.98. The van der Waals surface area contributed by atoms with E-state index in [1.807, 2.05) is 0 Å². The minimum atomic E-state index is -0.533. The molecule has 0 atom stereocenters. The highest BCUT2D eigenvalue weighted by Gasteiger charge is 2.27. The second kappa shape index (κ2) is 4.06. The van der Waals surface area contributed by atoms with Crippen LogP contribution in [0.2, 0.25) is 0 Å². The fourth-order valence-electron chi connectivity index (χ4n) is 0.913. The molecule has 0 aromatic heterocycles. The monoisotopic (exact) mass is 173 g/mol. The Hall–Kier alpha value is -1.10. The van der Waals surface area contributed by atoms with Crippen LogP contribution in [0.5, 0.6) is 0 Å². The Morgan fingerprint density at radius 3 is 2.83 bits per heavy atom. The number of rotatable bonds is 3. The van der Waals surface area contributed by atoms with Crippen LogP contribution in [0.15, 0.2) is 0 Å². The van der Waals surface area contributed by atoms with E-state index in [9.17, 15) is 9.59 Å². The van der Waals surface area contributed by atoms with E-state index in [4.69, 9.17) is 0 Å². The number of methoxy groups -OCH3 is 1. The van der Waals surface area contributed by atoms with E-state index in [1.54, 1.807) is 0 Å². The molecule has 5 nitrogen and oxygen atoms in total. The molecular weight excluding hydrogens is 162 g/mol. The molecule has 5 heteroatoms. The minimum absolute atomic E-state index is 0.0399. The maximum atomic E-state index is 10.8. The predicted molar refractivity (Wildman–Crippen MR) is 39.5 cm³/mol. The van der Waals surface area contributed by atoms with Crippen molar-refractivity contribution in [2.24, 2.45) is 0 Å². The molecule has 1 N–H and O–H groups in total. The SMILES string of the molecule is COCOC(=O)NC1CC(=O)C1. The van der Waals surface area contributed by atoms with E-state index in [1.165, 1.54) is 7.11 Å². The van der Waals surface area contributed by atoms with Gasteiger partial charge in [-0.3, -0.25) is 4.79 Å². The average molecular weight is 173 g/mol. The zero-order chi connectivity index (χ0) is 8.97. The zero-order valence-electron chi connectivity index (χ0n) is 6.83. The molecule has 0 bridgehead atoms. The van der Waals surface area contributed by atoms with Gasteiger partial charge < -0.3 is 14.8 Å². The molecule has 1 amide bonds. The summed E-state index contributed by atoms with van der Waals surface area (Å²) in [5.41, 5.74) is 0. The first-order valence-electron chi connectivity index (χ1n) is 3.66. The standard InChI is InChI=1S/C7H11NO4/c1-11-4-12-7(10)8-5-2-6(9)3-5/h5H,2-4H2,1H3,(H,8,10). The summed E-state index contributed by atoms with van der Waals surface area (Å²) in [6.45, 7) is -0.0630. The van der Waals surface area contributed by atoms with Gasteiger partial charge in [0.05, 0.1) is 0 Å². The Balaban J connectivity index is 2.06. The Bertz CT molecular complexity index is 184. The van der Waals surface area contributed by atoms with Crippen molar-refractivity contribution in [2.75, 3.05) is 13.9 Å². The highest BCUT2D eigenvalue weighted by atomic mass is 16.7. The lowest BCUT2D eigenvalue weighted by molar-refractivity contribution is -0.125. The summed E-state index contributed by atoms with van der Waals surface area (Å²) in [5, 5.41) is 2.52. The third-order valence-electron chi connectivity index (χ3n) is 1.58. The summed E-state index contributed by atoms with van der Waals surface area (Å²) in [4.78, 5) is 21.3. The predicted octanol–water partition coefficient (Wildman–Crippen LogP) is 0.0480. The Morgan fingerprint density at radius 2 is 2.33 bits per heavy atom. The maximum absolute atomic E-state index is 10.8. The van der Waals surface area contributed by atoms with Gasteiger partial charge in [-0.25, -0.2) is 4.79 Å². The first kappa shape index (κ1) is 8.99. The number of ketones is 1. The molecule has 0 aromatic carbocycles.